The molecule has 1 aliphatic heterocycles. The molecular formula is C22H36N2O6. The lowest BCUT2D eigenvalue weighted by molar-refractivity contribution is -0.127. The van der Waals surface area contributed by atoms with Crippen molar-refractivity contribution in [1.82, 2.24) is 10.6 Å². The molecule has 0 spiro atoms. The molecule has 170 valence electrons. The van der Waals surface area contributed by atoms with Crippen LogP contribution >= 0.6 is 0 Å². The van der Waals surface area contributed by atoms with Gasteiger partial charge in [0, 0.05) is 45.4 Å². The molecule has 1 amide bonds. The standard InChI is InChI=1S/C22H36N2O6/c1-2-11-27-14-15-29-20-3-5-21(6-4-20)30-17-19(25)16-23-9-10-24-22(26)18-7-12-28-13-8-18/h3-6,18-19,23,25H,2,7-17H2,1H3,(H,24,26). The molecule has 30 heavy (non-hydrogen) atoms. The normalized spacial score (nSPS) is 15.5. The van der Waals surface area contributed by atoms with Crippen molar-refractivity contribution >= 4 is 5.91 Å². The predicted molar refractivity (Wildman–Crippen MR) is 114 cm³/mol. The van der Waals surface area contributed by atoms with Crippen molar-refractivity contribution in [3.63, 3.8) is 0 Å². The van der Waals surface area contributed by atoms with Gasteiger partial charge in [-0.1, -0.05) is 6.92 Å². The molecule has 8 heteroatoms. The molecule has 1 heterocycles. The van der Waals surface area contributed by atoms with E-state index in [0.717, 1.165) is 31.6 Å². The third-order valence-electron chi connectivity index (χ3n) is 4.68. The lowest BCUT2D eigenvalue weighted by Gasteiger charge is -2.21. The first-order valence-corrected chi connectivity index (χ1v) is 10.9. The topological polar surface area (TPSA) is 98.3 Å². The third-order valence-corrected chi connectivity index (χ3v) is 4.68. The number of hydrogen-bond donors (Lipinski definition) is 3. The minimum absolute atomic E-state index is 0.0592. The molecule has 1 atom stereocenters. The van der Waals surface area contributed by atoms with E-state index in [9.17, 15) is 9.90 Å². The van der Waals surface area contributed by atoms with Gasteiger partial charge in [-0.05, 0) is 43.5 Å². The van der Waals surface area contributed by atoms with Crippen LogP contribution in [0.1, 0.15) is 26.2 Å². The van der Waals surface area contributed by atoms with E-state index < -0.39 is 6.10 Å². The number of benzene rings is 1. The maximum atomic E-state index is 12.0. The summed E-state index contributed by atoms with van der Waals surface area (Å²) >= 11 is 0. The van der Waals surface area contributed by atoms with Crippen molar-refractivity contribution in [2.45, 2.75) is 32.3 Å². The van der Waals surface area contributed by atoms with Crippen molar-refractivity contribution in [2.75, 3.05) is 59.3 Å². The molecule has 3 N–H and O–H groups in total. The van der Waals surface area contributed by atoms with Gasteiger partial charge in [0.25, 0.3) is 0 Å². The Bertz CT molecular complexity index is 577. The molecule has 1 aromatic rings. The van der Waals surface area contributed by atoms with E-state index in [4.69, 9.17) is 18.9 Å². The molecule has 0 saturated carbocycles. The number of hydrogen-bond acceptors (Lipinski definition) is 7. The van der Waals surface area contributed by atoms with Gasteiger partial charge in [0.2, 0.25) is 5.91 Å². The summed E-state index contributed by atoms with van der Waals surface area (Å²) in [6.45, 7) is 6.94. The van der Waals surface area contributed by atoms with E-state index in [1.54, 1.807) is 0 Å². The summed E-state index contributed by atoms with van der Waals surface area (Å²) in [5.41, 5.74) is 0. The number of aliphatic hydroxyl groups is 1. The van der Waals surface area contributed by atoms with E-state index in [2.05, 4.69) is 17.6 Å². The largest absolute Gasteiger partial charge is 0.491 e. The molecule has 2 rings (SSSR count). The highest BCUT2D eigenvalue weighted by molar-refractivity contribution is 5.78. The number of ether oxygens (including phenoxy) is 4. The molecule has 0 radical (unpaired) electrons. The summed E-state index contributed by atoms with van der Waals surface area (Å²) in [6.07, 6.45) is 1.94. The molecule has 8 nitrogen and oxygen atoms in total. The highest BCUT2D eigenvalue weighted by Gasteiger charge is 2.20. The van der Waals surface area contributed by atoms with Gasteiger partial charge in [-0.15, -0.1) is 0 Å². The van der Waals surface area contributed by atoms with Gasteiger partial charge < -0.3 is 34.7 Å². The smallest absolute Gasteiger partial charge is 0.223 e. The van der Waals surface area contributed by atoms with Crippen LogP contribution in [0.4, 0.5) is 0 Å². The Kier molecular flexibility index (Phi) is 12.2. The Balaban J connectivity index is 1.50. The van der Waals surface area contributed by atoms with Gasteiger partial charge in [-0.25, -0.2) is 0 Å². The number of aliphatic hydroxyl groups excluding tert-OH is 1. The van der Waals surface area contributed by atoms with Gasteiger partial charge in [0.05, 0.1) is 6.61 Å². The SMILES string of the molecule is CCCOCCOc1ccc(OCC(O)CNCCNC(=O)C2CCOCC2)cc1. The summed E-state index contributed by atoms with van der Waals surface area (Å²) in [7, 11) is 0. The predicted octanol–water partition coefficient (Wildman–Crippen LogP) is 1.36. The van der Waals surface area contributed by atoms with Crippen LogP contribution in [0.5, 0.6) is 11.5 Å². The van der Waals surface area contributed by atoms with Gasteiger partial charge in [-0.2, -0.15) is 0 Å². The zero-order valence-electron chi connectivity index (χ0n) is 17.9. The number of rotatable bonds is 15. The van der Waals surface area contributed by atoms with E-state index in [-0.39, 0.29) is 18.4 Å². The van der Waals surface area contributed by atoms with Crippen molar-refractivity contribution in [2.24, 2.45) is 5.92 Å². The Morgan fingerprint density at radius 2 is 1.80 bits per heavy atom. The molecule has 0 bridgehead atoms. The zero-order chi connectivity index (χ0) is 21.4. The Hall–Kier alpha value is -1.87. The van der Waals surface area contributed by atoms with Gasteiger partial charge in [-0.3, -0.25) is 4.79 Å². The van der Waals surface area contributed by atoms with E-state index in [1.165, 1.54) is 0 Å². The fraction of sp³-hybridized carbons (Fsp3) is 0.682. The van der Waals surface area contributed by atoms with Crippen LogP contribution in [0.2, 0.25) is 0 Å². The van der Waals surface area contributed by atoms with Crippen LogP contribution in [0.15, 0.2) is 24.3 Å². The first-order chi connectivity index (χ1) is 14.7. The summed E-state index contributed by atoms with van der Waals surface area (Å²) in [5, 5.41) is 16.1. The maximum absolute atomic E-state index is 12.0. The van der Waals surface area contributed by atoms with Gasteiger partial charge in [0.15, 0.2) is 0 Å². The fourth-order valence-electron chi connectivity index (χ4n) is 3.00. The van der Waals surface area contributed by atoms with Gasteiger partial charge in [0.1, 0.15) is 30.8 Å². The van der Waals surface area contributed by atoms with Crippen molar-refractivity contribution in [3.05, 3.63) is 24.3 Å². The van der Waals surface area contributed by atoms with Crippen LogP contribution < -0.4 is 20.1 Å². The second-order valence-corrected chi connectivity index (χ2v) is 7.28. The molecular weight excluding hydrogens is 388 g/mol. The van der Waals surface area contributed by atoms with Crippen LogP contribution in [-0.4, -0.2) is 76.4 Å². The lowest BCUT2D eigenvalue weighted by atomic mass is 9.99. The van der Waals surface area contributed by atoms with Crippen LogP contribution in [0.3, 0.4) is 0 Å². The molecule has 1 unspecified atom stereocenters. The Labute approximate surface area is 179 Å². The minimum atomic E-state index is -0.636. The van der Waals surface area contributed by atoms with E-state index in [0.29, 0.717) is 51.8 Å². The minimum Gasteiger partial charge on any atom is -0.491 e. The molecule has 1 saturated heterocycles. The molecule has 1 aromatic carbocycles. The molecule has 0 aromatic heterocycles. The van der Waals surface area contributed by atoms with Crippen molar-refractivity contribution < 1.29 is 28.8 Å². The van der Waals surface area contributed by atoms with Crippen LogP contribution in [0, 0.1) is 5.92 Å². The first kappa shape index (κ1) is 24.4. The highest BCUT2D eigenvalue weighted by Crippen LogP contribution is 2.17. The van der Waals surface area contributed by atoms with Crippen molar-refractivity contribution in [1.29, 1.82) is 0 Å². The number of carbonyl (C=O) groups is 1. The monoisotopic (exact) mass is 424 g/mol. The third kappa shape index (κ3) is 10.2. The average Bonchev–Trinajstić information content (AvgIpc) is 2.78. The summed E-state index contributed by atoms with van der Waals surface area (Å²) in [6, 6.07) is 7.30. The van der Waals surface area contributed by atoms with E-state index >= 15 is 0 Å². The van der Waals surface area contributed by atoms with Crippen LogP contribution in [0.25, 0.3) is 0 Å². The fourth-order valence-corrected chi connectivity index (χ4v) is 3.00. The van der Waals surface area contributed by atoms with Gasteiger partial charge >= 0.3 is 0 Å². The summed E-state index contributed by atoms with van der Waals surface area (Å²) in [5.74, 6) is 1.58. The Morgan fingerprint density at radius 3 is 2.50 bits per heavy atom. The number of nitrogens with one attached hydrogen (secondary N) is 2. The molecule has 1 fully saturated rings. The summed E-state index contributed by atoms with van der Waals surface area (Å²) in [4.78, 5) is 12.0. The van der Waals surface area contributed by atoms with E-state index in [1.807, 2.05) is 24.3 Å². The average molecular weight is 425 g/mol. The molecule has 1 aliphatic rings. The van der Waals surface area contributed by atoms with Crippen molar-refractivity contribution in [3.8, 4) is 11.5 Å². The number of amides is 1. The Morgan fingerprint density at radius 1 is 1.10 bits per heavy atom. The summed E-state index contributed by atoms with van der Waals surface area (Å²) < 4.78 is 21.8. The lowest BCUT2D eigenvalue weighted by Crippen LogP contribution is -2.40. The first-order valence-electron chi connectivity index (χ1n) is 10.9. The highest BCUT2D eigenvalue weighted by atomic mass is 16.5. The quantitative estimate of drug-likeness (QED) is 0.366. The second kappa shape index (κ2) is 15.0. The maximum Gasteiger partial charge on any atom is 0.223 e. The second-order valence-electron chi connectivity index (χ2n) is 7.28. The molecule has 0 aliphatic carbocycles. The van der Waals surface area contributed by atoms with Crippen LogP contribution in [-0.2, 0) is 14.3 Å². The zero-order valence-corrected chi connectivity index (χ0v) is 17.9. The number of carbonyl (C=O) groups excluding carboxylic acids is 1.